The molecule has 0 amide bonds. The van der Waals surface area contributed by atoms with Gasteiger partial charge in [0.1, 0.15) is 0 Å². The van der Waals surface area contributed by atoms with Crippen molar-refractivity contribution >= 4 is 71.6 Å². The third-order valence-electron chi connectivity index (χ3n) is 5.14. The minimum absolute atomic E-state index is 0. The number of rotatable bonds is 20. The second-order valence-corrected chi connectivity index (χ2v) is 9.91. The van der Waals surface area contributed by atoms with Crippen LogP contribution in [0.1, 0.15) is 55.6 Å². The fourth-order valence-electron chi connectivity index (χ4n) is 2.86. The molecule has 0 aliphatic rings. The number of hydrogen-bond donors (Lipinski definition) is 16. The summed E-state index contributed by atoms with van der Waals surface area (Å²) in [5, 5.41) is 135. The van der Waals surface area contributed by atoms with E-state index in [9.17, 15) is 57.5 Å². The maximum atomic E-state index is 10.3. The van der Waals surface area contributed by atoms with Gasteiger partial charge in [-0.1, -0.05) is 0 Å². The summed E-state index contributed by atoms with van der Waals surface area (Å²) in [6, 6.07) is 0. The first-order valence-corrected chi connectivity index (χ1v) is 12.7. The van der Waals surface area contributed by atoms with E-state index in [1.165, 1.54) is 0 Å². The molecule has 0 aliphatic carbocycles. The summed E-state index contributed by atoms with van der Waals surface area (Å²) in [6.45, 7) is 0. The topological polar surface area (TPSA) is 529 Å². The smallest absolute Gasteiger partial charge is 1.00 e. The first-order chi connectivity index (χ1) is 23.1. The zero-order valence-electron chi connectivity index (χ0n) is 31.7. The maximum Gasteiger partial charge on any atom is 1.00 e. The van der Waals surface area contributed by atoms with Crippen LogP contribution in [0.2, 0.25) is 0 Å². The minimum Gasteiger partial charge on any atom is -1.00 e. The Morgan fingerprint density at radius 2 is 0.327 bits per heavy atom. The van der Waals surface area contributed by atoms with Crippen molar-refractivity contribution in [2.45, 2.75) is 73.8 Å². The third-order valence-corrected chi connectivity index (χ3v) is 5.14. The fourth-order valence-corrected chi connectivity index (χ4v) is 2.86. The van der Waals surface area contributed by atoms with E-state index in [1.807, 2.05) is 0 Å². The van der Waals surface area contributed by atoms with Crippen molar-refractivity contribution in [1.29, 1.82) is 0 Å². The molecule has 0 atom stereocenters. The van der Waals surface area contributed by atoms with Crippen LogP contribution in [0.3, 0.4) is 0 Å². The zero-order valence-corrected chi connectivity index (χ0v) is 34.7. The standard InChI is InChI=1S/4C6H8O7.3Na.3H/c4*7-3(8)1-6(13,5(11)12)2-4(9)10;;;;;;/h4*13H,1-2H2,(H,7,8)(H,9,10)(H,11,12);;;;;;/q;;;;3*+1;3*-1. The van der Waals surface area contributed by atoms with E-state index in [1.54, 1.807) is 0 Å². The summed E-state index contributed by atoms with van der Waals surface area (Å²) in [5.74, 6) is -20.1. The van der Waals surface area contributed by atoms with Gasteiger partial charge < -0.3 is 86.0 Å². The Hall–Kier alpha value is -3.52. The number of carboxylic acids is 12. The van der Waals surface area contributed by atoms with Gasteiger partial charge in [-0.3, -0.25) is 38.4 Å². The molecule has 0 saturated heterocycles. The van der Waals surface area contributed by atoms with E-state index in [-0.39, 0.29) is 93.0 Å². The molecule has 0 aromatic rings. The van der Waals surface area contributed by atoms with E-state index >= 15 is 0 Å². The Bertz CT molecular complexity index is 1150. The predicted molar refractivity (Wildman–Crippen MR) is 152 cm³/mol. The van der Waals surface area contributed by atoms with Crippen LogP contribution in [0.25, 0.3) is 0 Å². The molecule has 0 rings (SSSR count). The fraction of sp³-hybridized carbons (Fsp3) is 0.500. The minimum atomic E-state index is -2.74. The van der Waals surface area contributed by atoms with Crippen LogP contribution >= 0.6 is 0 Å². The van der Waals surface area contributed by atoms with E-state index in [2.05, 4.69) is 0 Å². The van der Waals surface area contributed by atoms with Crippen LogP contribution in [-0.2, 0) is 57.5 Å². The van der Waals surface area contributed by atoms with Gasteiger partial charge in [0.2, 0.25) is 0 Å². The summed E-state index contributed by atoms with van der Waals surface area (Å²) in [4.78, 5) is 122. The first-order valence-electron chi connectivity index (χ1n) is 12.7. The molecule has 0 bridgehead atoms. The van der Waals surface area contributed by atoms with E-state index < -0.39 is 145 Å². The van der Waals surface area contributed by atoms with Crippen molar-refractivity contribution < 1.29 is 232 Å². The van der Waals surface area contributed by atoms with Crippen LogP contribution in [0, 0.1) is 0 Å². The number of aliphatic hydroxyl groups is 4. The van der Waals surface area contributed by atoms with Crippen molar-refractivity contribution in [1.82, 2.24) is 0 Å². The SMILES string of the molecule is O=C(O)CC(O)(CC(=O)O)C(=O)O.O=C(O)CC(O)(CC(=O)O)C(=O)O.O=C(O)CC(O)(CC(=O)O)C(=O)O.O=C(O)CC(O)(CC(=O)O)C(=O)O.[H-].[H-].[H-].[Na+].[Na+].[Na+]. The van der Waals surface area contributed by atoms with Gasteiger partial charge in [0, 0.05) is 0 Å². The van der Waals surface area contributed by atoms with Gasteiger partial charge in [-0.15, -0.1) is 0 Å². The zero-order chi connectivity index (χ0) is 42.6. The number of aliphatic carboxylic acids is 12. The van der Waals surface area contributed by atoms with Crippen LogP contribution in [0.15, 0.2) is 0 Å². The summed E-state index contributed by atoms with van der Waals surface area (Å²) >= 11 is 0. The van der Waals surface area contributed by atoms with Gasteiger partial charge in [0.25, 0.3) is 0 Å². The molecular formula is C24H35Na3O28. The van der Waals surface area contributed by atoms with Gasteiger partial charge in [-0.05, 0) is 0 Å². The van der Waals surface area contributed by atoms with E-state index in [0.29, 0.717) is 0 Å². The van der Waals surface area contributed by atoms with Crippen LogP contribution < -0.4 is 88.7 Å². The molecule has 302 valence electrons. The quantitative estimate of drug-likeness (QED) is 0.0506. The van der Waals surface area contributed by atoms with Crippen molar-refractivity contribution in [3.8, 4) is 0 Å². The molecule has 0 aliphatic heterocycles. The van der Waals surface area contributed by atoms with Gasteiger partial charge in [0.15, 0.2) is 22.4 Å². The largest absolute Gasteiger partial charge is 1.00 e. The Morgan fingerprint density at radius 3 is 0.364 bits per heavy atom. The van der Waals surface area contributed by atoms with Crippen molar-refractivity contribution in [3.63, 3.8) is 0 Å². The Morgan fingerprint density at radius 1 is 0.255 bits per heavy atom. The van der Waals surface area contributed by atoms with Gasteiger partial charge in [-0.2, -0.15) is 0 Å². The molecule has 0 saturated carbocycles. The monoisotopic (exact) mass is 840 g/mol. The molecule has 0 aromatic carbocycles. The molecule has 0 unspecified atom stereocenters. The van der Waals surface area contributed by atoms with Gasteiger partial charge >= 0.3 is 160 Å². The Kier molecular flexibility index (Phi) is 35.8. The second-order valence-electron chi connectivity index (χ2n) is 9.91. The molecule has 0 fully saturated rings. The number of carbonyl (C=O) groups is 12. The molecule has 16 N–H and O–H groups in total. The van der Waals surface area contributed by atoms with Crippen LogP contribution in [0.5, 0.6) is 0 Å². The first kappa shape index (κ1) is 66.3. The van der Waals surface area contributed by atoms with Gasteiger partial charge in [0.05, 0.1) is 51.4 Å². The molecule has 0 spiro atoms. The van der Waals surface area contributed by atoms with Crippen molar-refractivity contribution in [2.75, 3.05) is 0 Å². The molecule has 31 heteroatoms. The molecule has 0 heterocycles. The van der Waals surface area contributed by atoms with Crippen molar-refractivity contribution in [3.05, 3.63) is 0 Å². The van der Waals surface area contributed by atoms with Crippen LogP contribution in [-0.4, -0.2) is 176 Å². The molecule has 55 heavy (non-hydrogen) atoms. The van der Waals surface area contributed by atoms with Crippen LogP contribution in [0.4, 0.5) is 0 Å². The summed E-state index contributed by atoms with van der Waals surface area (Å²) in [6.07, 6.45) is -9.15. The van der Waals surface area contributed by atoms with E-state index in [4.69, 9.17) is 81.7 Å². The molecule has 28 nitrogen and oxygen atoms in total. The average molecular weight is 840 g/mol. The van der Waals surface area contributed by atoms with Crippen molar-refractivity contribution in [2.24, 2.45) is 0 Å². The molecule has 0 aromatic heterocycles. The normalized spacial score (nSPS) is 10.3. The average Bonchev–Trinajstić information content (AvgIpc) is 2.85. The Labute approximate surface area is 374 Å². The van der Waals surface area contributed by atoms with Gasteiger partial charge in [-0.25, -0.2) is 19.2 Å². The third kappa shape index (κ3) is 32.4. The summed E-state index contributed by atoms with van der Waals surface area (Å²) in [7, 11) is 0. The maximum absolute atomic E-state index is 10.3. The summed E-state index contributed by atoms with van der Waals surface area (Å²) in [5.41, 5.74) is -11.0. The molecule has 0 radical (unpaired) electrons. The molecular weight excluding hydrogens is 805 g/mol. The predicted octanol–water partition coefficient (Wildman–Crippen LogP) is -13.6. The summed E-state index contributed by atoms with van der Waals surface area (Å²) < 4.78 is 0. The van der Waals surface area contributed by atoms with E-state index in [0.717, 1.165) is 0 Å². The second kappa shape index (κ2) is 29.7. The number of carboxylic acid groups (broad SMARTS) is 12. The Balaban J connectivity index is -0.0000000640. The number of hydrogen-bond acceptors (Lipinski definition) is 16.